The van der Waals surface area contributed by atoms with E-state index in [1.54, 1.807) is 6.07 Å². The number of hydrogen-bond donors (Lipinski definition) is 1. The zero-order valence-corrected chi connectivity index (χ0v) is 10.6. The van der Waals surface area contributed by atoms with E-state index >= 15 is 0 Å². The van der Waals surface area contributed by atoms with Crippen molar-refractivity contribution in [2.45, 2.75) is 25.6 Å². The second kappa shape index (κ2) is 4.50. The summed E-state index contributed by atoms with van der Waals surface area (Å²) in [6.07, 6.45) is -0.107. The van der Waals surface area contributed by atoms with E-state index in [1.165, 1.54) is 0 Å². The van der Waals surface area contributed by atoms with Crippen LogP contribution in [0.4, 0.5) is 0 Å². The molecule has 1 N–H and O–H groups in total. The van der Waals surface area contributed by atoms with Crippen molar-refractivity contribution in [3.05, 3.63) is 23.8 Å². The summed E-state index contributed by atoms with van der Waals surface area (Å²) < 4.78 is 16.2. The Hall–Kier alpha value is -0.741. The average molecular weight is 284 g/mol. The SMILES string of the molecule is CC1(C)COC(c2[c-]cc3c(c2)OCO3)N1.[Cu+]. The quantitative estimate of drug-likeness (QED) is 0.628. The van der Waals surface area contributed by atoms with Crippen molar-refractivity contribution >= 4 is 0 Å². The molecule has 4 nitrogen and oxygen atoms in total. The number of benzene rings is 1. The Labute approximate surface area is 111 Å². The van der Waals surface area contributed by atoms with Gasteiger partial charge in [-0.1, -0.05) is 0 Å². The van der Waals surface area contributed by atoms with Gasteiger partial charge in [0.05, 0.1) is 18.1 Å². The summed E-state index contributed by atoms with van der Waals surface area (Å²) in [6.45, 7) is 5.21. The van der Waals surface area contributed by atoms with Crippen molar-refractivity contribution in [1.82, 2.24) is 5.32 Å². The molecule has 0 bridgehead atoms. The number of fused-ring (bicyclic) bond motifs is 1. The fraction of sp³-hybridized carbons (Fsp3) is 0.500. The van der Waals surface area contributed by atoms with Gasteiger partial charge in [0, 0.05) is 5.54 Å². The summed E-state index contributed by atoms with van der Waals surface area (Å²) >= 11 is 0. The molecule has 96 valence electrons. The minimum atomic E-state index is -0.107. The van der Waals surface area contributed by atoms with Crippen molar-refractivity contribution in [1.29, 1.82) is 0 Å². The number of ether oxygens (including phenoxy) is 3. The van der Waals surface area contributed by atoms with Crippen LogP contribution in [0.1, 0.15) is 25.6 Å². The van der Waals surface area contributed by atoms with Gasteiger partial charge in [-0.2, -0.15) is 6.07 Å². The van der Waals surface area contributed by atoms with Crippen molar-refractivity contribution < 1.29 is 31.3 Å². The molecule has 17 heavy (non-hydrogen) atoms. The first-order valence-electron chi connectivity index (χ1n) is 5.35. The minimum absolute atomic E-state index is 0. The van der Waals surface area contributed by atoms with Crippen LogP contribution in [0.3, 0.4) is 0 Å². The Morgan fingerprint density at radius 1 is 1.35 bits per heavy atom. The van der Waals surface area contributed by atoms with E-state index in [4.69, 9.17) is 14.2 Å². The normalized spacial score (nSPS) is 24.5. The molecule has 0 aromatic heterocycles. The van der Waals surface area contributed by atoms with Gasteiger partial charge in [0.25, 0.3) is 0 Å². The molecule has 5 heteroatoms. The van der Waals surface area contributed by atoms with Crippen LogP contribution in [-0.2, 0) is 21.8 Å². The van der Waals surface area contributed by atoms with Gasteiger partial charge in [0.1, 0.15) is 6.23 Å². The van der Waals surface area contributed by atoms with Crippen LogP contribution in [0.25, 0.3) is 0 Å². The molecule has 2 aliphatic rings. The summed E-state index contributed by atoms with van der Waals surface area (Å²) in [5.41, 5.74) is 0.962. The molecule has 0 radical (unpaired) electrons. The van der Waals surface area contributed by atoms with Gasteiger partial charge in [0.2, 0.25) is 6.79 Å². The molecule has 3 rings (SSSR count). The van der Waals surface area contributed by atoms with Crippen molar-refractivity contribution in [3.63, 3.8) is 0 Å². The van der Waals surface area contributed by atoms with Gasteiger partial charge in [-0.15, -0.1) is 17.7 Å². The molecule has 1 aromatic rings. The Kier molecular flexibility index (Phi) is 3.36. The van der Waals surface area contributed by atoms with Gasteiger partial charge in [-0.05, 0) is 13.8 Å². The van der Waals surface area contributed by atoms with Crippen molar-refractivity contribution in [2.75, 3.05) is 13.4 Å². The van der Waals surface area contributed by atoms with Gasteiger partial charge < -0.3 is 14.2 Å². The molecule has 1 fully saturated rings. The molecule has 0 saturated carbocycles. The molecule has 1 aromatic carbocycles. The molecule has 2 heterocycles. The predicted molar refractivity (Wildman–Crippen MR) is 57.3 cm³/mol. The van der Waals surface area contributed by atoms with E-state index in [9.17, 15) is 0 Å². The van der Waals surface area contributed by atoms with Crippen molar-refractivity contribution in [2.24, 2.45) is 0 Å². The number of hydrogen-bond acceptors (Lipinski definition) is 4. The third-order valence-electron chi connectivity index (χ3n) is 2.74. The Morgan fingerprint density at radius 2 is 2.12 bits per heavy atom. The van der Waals surface area contributed by atoms with E-state index in [0.29, 0.717) is 6.61 Å². The molecule has 0 spiro atoms. The summed E-state index contributed by atoms with van der Waals surface area (Å²) in [6, 6.07) is 6.87. The van der Waals surface area contributed by atoms with E-state index in [1.807, 2.05) is 6.07 Å². The number of nitrogens with one attached hydrogen (secondary N) is 1. The minimum Gasteiger partial charge on any atom is -0.516 e. The van der Waals surface area contributed by atoms with E-state index in [0.717, 1.165) is 17.1 Å². The fourth-order valence-electron chi connectivity index (χ4n) is 1.90. The van der Waals surface area contributed by atoms with E-state index in [-0.39, 0.29) is 35.6 Å². The summed E-state index contributed by atoms with van der Waals surface area (Å²) in [5.74, 6) is 1.52. The Balaban J connectivity index is 0.00000108. The van der Waals surface area contributed by atoms with Crippen LogP contribution in [0.5, 0.6) is 11.5 Å². The van der Waals surface area contributed by atoms with Gasteiger partial charge in [-0.25, -0.2) is 0 Å². The van der Waals surface area contributed by atoms with Crippen LogP contribution >= 0.6 is 0 Å². The second-order valence-corrected chi connectivity index (χ2v) is 4.74. The summed E-state index contributed by atoms with van der Waals surface area (Å²) in [4.78, 5) is 0. The average Bonchev–Trinajstić information content (AvgIpc) is 2.82. The van der Waals surface area contributed by atoms with E-state index in [2.05, 4.69) is 25.2 Å². The van der Waals surface area contributed by atoms with Crippen LogP contribution < -0.4 is 14.8 Å². The number of rotatable bonds is 1. The summed E-state index contributed by atoms with van der Waals surface area (Å²) in [5, 5.41) is 3.39. The molecular formula is C12H14CuNO3. The van der Waals surface area contributed by atoms with Crippen LogP contribution in [-0.4, -0.2) is 18.9 Å². The van der Waals surface area contributed by atoms with Crippen LogP contribution in [0, 0.1) is 6.07 Å². The third-order valence-corrected chi connectivity index (χ3v) is 2.74. The topological polar surface area (TPSA) is 39.7 Å². The van der Waals surface area contributed by atoms with Gasteiger partial charge in [-0.3, -0.25) is 5.32 Å². The molecular weight excluding hydrogens is 270 g/mol. The van der Waals surface area contributed by atoms with Crippen molar-refractivity contribution in [3.8, 4) is 11.5 Å². The first-order chi connectivity index (χ1) is 7.64. The Bertz CT molecular complexity index is 422. The zero-order valence-electron chi connectivity index (χ0n) is 9.67. The third kappa shape index (κ3) is 2.43. The maximum absolute atomic E-state index is 5.68. The summed E-state index contributed by atoms with van der Waals surface area (Å²) in [7, 11) is 0. The molecule has 0 amide bonds. The standard InChI is InChI=1S/C12H14NO3.Cu/c1-12(2)6-14-11(13-12)8-3-4-9-10(5-8)16-7-15-9;/h4-5,11,13H,6-7H2,1-2H3;/q-1;+1. The predicted octanol–water partition coefficient (Wildman–Crippen LogP) is 1.61. The monoisotopic (exact) mass is 283 g/mol. The van der Waals surface area contributed by atoms with Crippen LogP contribution in [0.2, 0.25) is 0 Å². The first-order valence-corrected chi connectivity index (χ1v) is 5.35. The molecule has 1 saturated heterocycles. The molecule has 1 unspecified atom stereocenters. The van der Waals surface area contributed by atoms with Gasteiger partial charge in [0.15, 0.2) is 0 Å². The molecule has 2 aliphatic heterocycles. The largest absolute Gasteiger partial charge is 1.00 e. The zero-order chi connectivity index (χ0) is 11.2. The smallest absolute Gasteiger partial charge is 0.516 e. The van der Waals surface area contributed by atoms with Crippen LogP contribution in [0.15, 0.2) is 12.1 Å². The molecule has 0 aliphatic carbocycles. The fourth-order valence-corrected chi connectivity index (χ4v) is 1.90. The maximum Gasteiger partial charge on any atom is 1.00 e. The molecule has 1 atom stereocenters. The maximum atomic E-state index is 5.68. The van der Waals surface area contributed by atoms with E-state index < -0.39 is 0 Å². The van der Waals surface area contributed by atoms with Gasteiger partial charge >= 0.3 is 17.1 Å². The second-order valence-electron chi connectivity index (χ2n) is 4.74. The Morgan fingerprint density at radius 3 is 2.82 bits per heavy atom. The first kappa shape index (κ1) is 12.7.